The Balaban J connectivity index is 2.57. The van der Waals surface area contributed by atoms with Gasteiger partial charge < -0.3 is 10.6 Å². The SMILES string of the molecule is CCN(CC)C(=O)C(C)N1CCC(C)C(N)C1. The van der Waals surface area contributed by atoms with Crippen LogP contribution < -0.4 is 5.73 Å². The largest absolute Gasteiger partial charge is 0.342 e. The molecule has 1 saturated heterocycles. The minimum absolute atomic E-state index is 0.0338. The fourth-order valence-electron chi connectivity index (χ4n) is 2.43. The van der Waals surface area contributed by atoms with Gasteiger partial charge in [-0.25, -0.2) is 0 Å². The lowest BCUT2D eigenvalue weighted by Gasteiger charge is -2.39. The maximum absolute atomic E-state index is 12.2. The molecule has 0 radical (unpaired) electrons. The molecule has 3 atom stereocenters. The molecule has 1 aliphatic heterocycles. The molecule has 4 nitrogen and oxygen atoms in total. The van der Waals surface area contributed by atoms with E-state index in [9.17, 15) is 4.79 Å². The van der Waals surface area contributed by atoms with E-state index in [1.54, 1.807) is 0 Å². The van der Waals surface area contributed by atoms with E-state index < -0.39 is 0 Å². The summed E-state index contributed by atoms with van der Waals surface area (Å²) in [7, 11) is 0. The standard InChI is InChI=1S/C13H27N3O/c1-5-15(6-2)13(17)11(4)16-8-7-10(3)12(14)9-16/h10-12H,5-9,14H2,1-4H3. The molecule has 2 N–H and O–H groups in total. The molecule has 1 fully saturated rings. The maximum Gasteiger partial charge on any atom is 0.239 e. The molecule has 0 aromatic carbocycles. The van der Waals surface area contributed by atoms with Gasteiger partial charge >= 0.3 is 0 Å². The van der Waals surface area contributed by atoms with Crippen LogP contribution in [0.25, 0.3) is 0 Å². The molecule has 0 aromatic rings. The zero-order valence-electron chi connectivity index (χ0n) is 11.6. The van der Waals surface area contributed by atoms with Gasteiger partial charge in [0.25, 0.3) is 0 Å². The van der Waals surface area contributed by atoms with Crippen molar-refractivity contribution in [1.82, 2.24) is 9.80 Å². The first kappa shape index (κ1) is 14.5. The first-order chi connectivity index (χ1) is 8.01. The Morgan fingerprint density at radius 1 is 1.47 bits per heavy atom. The van der Waals surface area contributed by atoms with Crippen molar-refractivity contribution in [2.75, 3.05) is 26.2 Å². The minimum atomic E-state index is -0.0338. The van der Waals surface area contributed by atoms with Gasteiger partial charge in [-0.1, -0.05) is 6.92 Å². The molecule has 0 aromatic heterocycles. The monoisotopic (exact) mass is 241 g/mol. The number of rotatable bonds is 4. The Morgan fingerprint density at radius 3 is 2.53 bits per heavy atom. The molecule has 1 aliphatic rings. The molecule has 100 valence electrons. The molecule has 0 bridgehead atoms. The number of piperidine rings is 1. The Morgan fingerprint density at radius 2 is 2.06 bits per heavy atom. The summed E-state index contributed by atoms with van der Waals surface area (Å²) in [5.74, 6) is 0.804. The molecule has 0 saturated carbocycles. The fraction of sp³-hybridized carbons (Fsp3) is 0.923. The predicted molar refractivity (Wildman–Crippen MR) is 70.7 cm³/mol. The van der Waals surface area contributed by atoms with Crippen LogP contribution in [0.2, 0.25) is 0 Å². The second-order valence-corrected chi connectivity index (χ2v) is 5.11. The van der Waals surface area contributed by atoms with E-state index in [0.29, 0.717) is 5.92 Å². The van der Waals surface area contributed by atoms with Crippen LogP contribution in [0.15, 0.2) is 0 Å². The van der Waals surface area contributed by atoms with Gasteiger partial charge in [0.2, 0.25) is 5.91 Å². The zero-order valence-corrected chi connectivity index (χ0v) is 11.6. The predicted octanol–water partition coefficient (Wildman–Crippen LogP) is 0.912. The van der Waals surface area contributed by atoms with Crippen molar-refractivity contribution in [3.63, 3.8) is 0 Å². The Bertz CT molecular complexity index is 253. The van der Waals surface area contributed by atoms with E-state index in [2.05, 4.69) is 11.8 Å². The van der Waals surface area contributed by atoms with Crippen LogP contribution in [0.4, 0.5) is 0 Å². The van der Waals surface area contributed by atoms with E-state index in [1.165, 1.54) is 0 Å². The van der Waals surface area contributed by atoms with Crippen LogP contribution in [-0.4, -0.2) is 54.0 Å². The van der Waals surface area contributed by atoms with Crippen LogP contribution >= 0.6 is 0 Å². The molecule has 17 heavy (non-hydrogen) atoms. The summed E-state index contributed by atoms with van der Waals surface area (Å²) in [6, 6.07) is 0.171. The number of nitrogens with two attached hydrogens (primary N) is 1. The van der Waals surface area contributed by atoms with Gasteiger partial charge in [0.1, 0.15) is 0 Å². The number of hydrogen-bond acceptors (Lipinski definition) is 3. The molecule has 0 spiro atoms. The summed E-state index contributed by atoms with van der Waals surface area (Å²) in [6.07, 6.45) is 1.09. The molecular formula is C13H27N3O. The van der Waals surface area contributed by atoms with Crippen LogP contribution in [0.1, 0.15) is 34.1 Å². The van der Waals surface area contributed by atoms with Gasteiger partial charge in [0, 0.05) is 25.7 Å². The average Bonchev–Trinajstić information content (AvgIpc) is 2.33. The second-order valence-electron chi connectivity index (χ2n) is 5.11. The molecular weight excluding hydrogens is 214 g/mol. The quantitative estimate of drug-likeness (QED) is 0.796. The van der Waals surface area contributed by atoms with Gasteiger partial charge in [-0.3, -0.25) is 9.69 Å². The third-order valence-corrected chi connectivity index (χ3v) is 4.03. The van der Waals surface area contributed by atoms with Crippen molar-refractivity contribution in [2.24, 2.45) is 11.7 Å². The van der Waals surface area contributed by atoms with Gasteiger partial charge in [-0.15, -0.1) is 0 Å². The molecule has 1 amide bonds. The van der Waals surface area contributed by atoms with Gasteiger partial charge in [-0.2, -0.15) is 0 Å². The number of likely N-dealkylation sites (N-methyl/N-ethyl adjacent to an activating group) is 1. The van der Waals surface area contributed by atoms with Crippen LogP contribution in [0.3, 0.4) is 0 Å². The molecule has 4 heteroatoms. The summed E-state index contributed by atoms with van der Waals surface area (Å²) in [6.45, 7) is 11.7. The summed E-state index contributed by atoms with van der Waals surface area (Å²) >= 11 is 0. The lowest BCUT2D eigenvalue weighted by atomic mass is 9.93. The van der Waals surface area contributed by atoms with E-state index in [4.69, 9.17) is 5.73 Å². The van der Waals surface area contributed by atoms with Crippen LogP contribution in [0.5, 0.6) is 0 Å². The Labute approximate surface area is 105 Å². The van der Waals surface area contributed by atoms with E-state index in [1.807, 2.05) is 25.7 Å². The van der Waals surface area contributed by atoms with Gasteiger partial charge in [0.15, 0.2) is 0 Å². The number of likely N-dealkylation sites (tertiary alicyclic amines) is 1. The van der Waals surface area contributed by atoms with Crippen molar-refractivity contribution in [2.45, 2.75) is 46.2 Å². The Kier molecular flexibility index (Phi) is 5.40. The summed E-state index contributed by atoms with van der Waals surface area (Å²) in [5, 5.41) is 0. The van der Waals surface area contributed by atoms with Crippen molar-refractivity contribution in [1.29, 1.82) is 0 Å². The number of carbonyl (C=O) groups is 1. The van der Waals surface area contributed by atoms with Crippen LogP contribution in [0, 0.1) is 5.92 Å². The van der Waals surface area contributed by atoms with Gasteiger partial charge in [-0.05, 0) is 39.7 Å². The van der Waals surface area contributed by atoms with E-state index in [-0.39, 0.29) is 18.0 Å². The molecule has 1 rings (SSSR count). The number of nitrogens with zero attached hydrogens (tertiary/aromatic N) is 2. The van der Waals surface area contributed by atoms with E-state index >= 15 is 0 Å². The van der Waals surface area contributed by atoms with Crippen molar-refractivity contribution >= 4 is 5.91 Å². The topological polar surface area (TPSA) is 49.6 Å². The summed E-state index contributed by atoms with van der Waals surface area (Å²) in [5.41, 5.74) is 6.08. The van der Waals surface area contributed by atoms with Gasteiger partial charge in [0.05, 0.1) is 6.04 Å². The smallest absolute Gasteiger partial charge is 0.239 e. The highest BCUT2D eigenvalue weighted by molar-refractivity contribution is 5.81. The van der Waals surface area contributed by atoms with Crippen LogP contribution in [-0.2, 0) is 4.79 Å². The second kappa shape index (κ2) is 6.36. The van der Waals surface area contributed by atoms with Crippen molar-refractivity contribution in [3.05, 3.63) is 0 Å². The first-order valence-corrected chi connectivity index (χ1v) is 6.79. The molecule has 1 heterocycles. The zero-order chi connectivity index (χ0) is 13.0. The number of carbonyl (C=O) groups excluding carboxylic acids is 1. The first-order valence-electron chi connectivity index (χ1n) is 6.79. The highest BCUT2D eigenvalue weighted by Gasteiger charge is 2.30. The normalized spacial score (nSPS) is 27.8. The van der Waals surface area contributed by atoms with E-state index in [0.717, 1.165) is 32.6 Å². The number of amides is 1. The number of hydrogen-bond donors (Lipinski definition) is 1. The third-order valence-electron chi connectivity index (χ3n) is 4.03. The average molecular weight is 241 g/mol. The summed E-state index contributed by atoms with van der Waals surface area (Å²) < 4.78 is 0. The highest BCUT2D eigenvalue weighted by Crippen LogP contribution is 2.18. The summed E-state index contributed by atoms with van der Waals surface area (Å²) in [4.78, 5) is 16.4. The Hall–Kier alpha value is -0.610. The highest BCUT2D eigenvalue weighted by atomic mass is 16.2. The van der Waals surface area contributed by atoms with Crippen molar-refractivity contribution < 1.29 is 4.79 Å². The molecule has 3 unspecified atom stereocenters. The minimum Gasteiger partial charge on any atom is -0.342 e. The fourth-order valence-corrected chi connectivity index (χ4v) is 2.43. The van der Waals surface area contributed by atoms with Crippen molar-refractivity contribution in [3.8, 4) is 0 Å². The maximum atomic E-state index is 12.2. The molecule has 0 aliphatic carbocycles. The third kappa shape index (κ3) is 3.42. The lowest BCUT2D eigenvalue weighted by Crippen LogP contribution is -2.55. The lowest BCUT2D eigenvalue weighted by molar-refractivity contribution is -0.136.